The predicted octanol–water partition coefficient (Wildman–Crippen LogP) is 2.84. The van der Waals surface area contributed by atoms with Crippen molar-refractivity contribution in [3.63, 3.8) is 0 Å². The van der Waals surface area contributed by atoms with Crippen LogP contribution in [0.15, 0.2) is 64.2 Å². The van der Waals surface area contributed by atoms with Crippen molar-refractivity contribution in [1.29, 1.82) is 0 Å². The number of nitrogens with one attached hydrogen (secondary N) is 1. The lowest BCUT2D eigenvalue weighted by atomic mass is 9.99. The number of rotatable bonds is 6. The van der Waals surface area contributed by atoms with Crippen molar-refractivity contribution in [2.24, 2.45) is 0 Å². The molecule has 1 aliphatic rings. The van der Waals surface area contributed by atoms with Gasteiger partial charge in [-0.1, -0.05) is 36.4 Å². The van der Waals surface area contributed by atoms with Crippen molar-refractivity contribution in [1.82, 2.24) is 14.5 Å². The number of anilines is 1. The number of aromatic amines is 1. The highest BCUT2D eigenvalue weighted by Gasteiger charge is 2.13. The maximum atomic E-state index is 12.6. The van der Waals surface area contributed by atoms with Gasteiger partial charge in [0.1, 0.15) is 0 Å². The van der Waals surface area contributed by atoms with E-state index in [0.29, 0.717) is 23.1 Å². The van der Waals surface area contributed by atoms with Gasteiger partial charge in [0.2, 0.25) is 0 Å². The average Bonchev–Trinajstić information content (AvgIpc) is 2.75. The molecule has 0 aliphatic carbocycles. The molecule has 2 aromatic carbocycles. The van der Waals surface area contributed by atoms with Crippen LogP contribution in [-0.2, 0) is 6.54 Å². The standard InChI is InChI=1S/C23H26N4O2/c24-19-8-9-21-20(16-19)22(28)27(23(29)25-21)13-5-4-12-26-14-10-18(11-15-26)17-6-2-1-3-7-17/h1-3,6-10,16H,4-5,11-15,24H2,(H,25,29). The van der Waals surface area contributed by atoms with Crippen LogP contribution >= 0.6 is 0 Å². The molecule has 0 atom stereocenters. The lowest BCUT2D eigenvalue weighted by Crippen LogP contribution is -2.35. The van der Waals surface area contributed by atoms with Crippen LogP contribution in [0.25, 0.3) is 16.5 Å². The molecule has 0 unspecified atom stereocenters. The summed E-state index contributed by atoms with van der Waals surface area (Å²) in [5.41, 5.74) is 8.91. The highest BCUT2D eigenvalue weighted by atomic mass is 16.2. The molecule has 0 saturated carbocycles. The number of nitrogen functional groups attached to an aromatic ring is 1. The molecule has 0 saturated heterocycles. The molecule has 0 bridgehead atoms. The second kappa shape index (κ2) is 8.49. The average molecular weight is 390 g/mol. The van der Waals surface area contributed by atoms with Crippen LogP contribution in [0.1, 0.15) is 24.8 Å². The van der Waals surface area contributed by atoms with Crippen LogP contribution in [0.5, 0.6) is 0 Å². The monoisotopic (exact) mass is 390 g/mol. The molecule has 3 N–H and O–H groups in total. The van der Waals surface area contributed by atoms with E-state index in [4.69, 9.17) is 5.73 Å². The van der Waals surface area contributed by atoms with E-state index in [-0.39, 0.29) is 11.2 Å². The molecule has 0 fully saturated rings. The summed E-state index contributed by atoms with van der Waals surface area (Å²) in [5, 5.41) is 0.458. The number of unbranched alkanes of at least 4 members (excludes halogenated alkanes) is 1. The molecule has 1 aliphatic heterocycles. The smallest absolute Gasteiger partial charge is 0.328 e. The topological polar surface area (TPSA) is 84.1 Å². The number of nitrogens with zero attached hydrogens (tertiary/aromatic N) is 2. The Balaban J connectivity index is 1.33. The summed E-state index contributed by atoms with van der Waals surface area (Å²) in [5.74, 6) is 0. The fraction of sp³-hybridized carbons (Fsp3) is 0.304. The van der Waals surface area contributed by atoms with Gasteiger partial charge in [-0.25, -0.2) is 4.79 Å². The minimum atomic E-state index is -0.360. The second-order valence-electron chi connectivity index (χ2n) is 7.55. The lowest BCUT2D eigenvalue weighted by molar-refractivity contribution is 0.292. The molecule has 6 heteroatoms. The predicted molar refractivity (Wildman–Crippen MR) is 118 cm³/mol. The molecule has 3 aromatic rings. The number of nitrogens with two attached hydrogens (primary N) is 1. The molecule has 0 radical (unpaired) electrons. The third-order valence-corrected chi connectivity index (χ3v) is 5.55. The Labute approximate surface area is 169 Å². The maximum absolute atomic E-state index is 12.6. The third-order valence-electron chi connectivity index (χ3n) is 5.55. The third kappa shape index (κ3) is 4.32. The van der Waals surface area contributed by atoms with Crippen molar-refractivity contribution < 1.29 is 0 Å². The minimum absolute atomic E-state index is 0.274. The summed E-state index contributed by atoms with van der Waals surface area (Å²) in [6, 6.07) is 15.5. The number of hydrogen-bond acceptors (Lipinski definition) is 4. The van der Waals surface area contributed by atoms with E-state index >= 15 is 0 Å². The first kappa shape index (κ1) is 19.2. The van der Waals surface area contributed by atoms with Crippen LogP contribution in [0, 0.1) is 0 Å². The van der Waals surface area contributed by atoms with E-state index in [9.17, 15) is 9.59 Å². The largest absolute Gasteiger partial charge is 0.399 e. The Morgan fingerprint density at radius 3 is 2.55 bits per heavy atom. The SMILES string of the molecule is Nc1ccc2[nH]c(=O)n(CCCCN3CC=C(c4ccccc4)CC3)c(=O)c2c1. The van der Waals surface area contributed by atoms with Gasteiger partial charge in [0.25, 0.3) is 5.56 Å². The number of aromatic nitrogens is 2. The summed E-state index contributed by atoms with van der Waals surface area (Å²) in [4.78, 5) is 30.1. The summed E-state index contributed by atoms with van der Waals surface area (Å²) < 4.78 is 1.28. The van der Waals surface area contributed by atoms with Gasteiger partial charge < -0.3 is 10.7 Å². The van der Waals surface area contributed by atoms with Crippen molar-refractivity contribution in [2.75, 3.05) is 25.4 Å². The molecule has 0 spiro atoms. The van der Waals surface area contributed by atoms with Crippen LogP contribution in [-0.4, -0.2) is 34.1 Å². The van der Waals surface area contributed by atoms with Gasteiger partial charge in [0, 0.05) is 25.3 Å². The van der Waals surface area contributed by atoms with Crippen molar-refractivity contribution >= 4 is 22.2 Å². The highest BCUT2D eigenvalue weighted by molar-refractivity contribution is 5.80. The summed E-state index contributed by atoms with van der Waals surface area (Å²) in [6.07, 6.45) is 5.08. The molecular formula is C23H26N4O2. The van der Waals surface area contributed by atoms with Crippen molar-refractivity contribution in [3.8, 4) is 0 Å². The van der Waals surface area contributed by atoms with Crippen molar-refractivity contribution in [2.45, 2.75) is 25.8 Å². The Hall–Kier alpha value is -3.12. The van der Waals surface area contributed by atoms with Gasteiger partial charge >= 0.3 is 5.69 Å². The Morgan fingerprint density at radius 1 is 1.00 bits per heavy atom. The number of fused-ring (bicyclic) bond motifs is 1. The van der Waals surface area contributed by atoms with Gasteiger partial charge in [0.15, 0.2) is 0 Å². The van der Waals surface area contributed by atoms with Gasteiger partial charge in [-0.05, 0) is 55.1 Å². The van der Waals surface area contributed by atoms with Crippen LogP contribution < -0.4 is 17.0 Å². The van der Waals surface area contributed by atoms with Crippen molar-refractivity contribution in [3.05, 3.63) is 81.0 Å². The zero-order chi connectivity index (χ0) is 20.2. The molecule has 1 aromatic heterocycles. The number of benzene rings is 2. The Bertz CT molecular complexity index is 1140. The van der Waals surface area contributed by atoms with Gasteiger partial charge in [0.05, 0.1) is 10.9 Å². The number of H-pyrrole nitrogens is 1. The van der Waals surface area contributed by atoms with Gasteiger partial charge in [-0.15, -0.1) is 0 Å². The van der Waals surface area contributed by atoms with Crippen LogP contribution in [0.4, 0.5) is 5.69 Å². The molecule has 2 heterocycles. The first-order chi connectivity index (χ1) is 14.1. The van der Waals surface area contributed by atoms with Crippen LogP contribution in [0.3, 0.4) is 0 Å². The van der Waals surface area contributed by atoms with Gasteiger partial charge in [-0.3, -0.25) is 14.3 Å². The first-order valence-corrected chi connectivity index (χ1v) is 10.1. The quantitative estimate of drug-likeness (QED) is 0.501. The fourth-order valence-corrected chi connectivity index (χ4v) is 3.91. The van der Waals surface area contributed by atoms with E-state index in [2.05, 4.69) is 40.2 Å². The number of hydrogen-bond donors (Lipinski definition) is 2. The maximum Gasteiger partial charge on any atom is 0.328 e. The molecule has 0 amide bonds. The second-order valence-corrected chi connectivity index (χ2v) is 7.55. The van der Waals surface area contributed by atoms with E-state index in [0.717, 1.165) is 38.9 Å². The summed E-state index contributed by atoms with van der Waals surface area (Å²) >= 11 is 0. The van der Waals surface area contributed by atoms with E-state index in [1.54, 1.807) is 18.2 Å². The highest BCUT2D eigenvalue weighted by Crippen LogP contribution is 2.22. The minimum Gasteiger partial charge on any atom is -0.399 e. The Kier molecular flexibility index (Phi) is 5.62. The van der Waals surface area contributed by atoms with E-state index in [1.807, 2.05) is 6.07 Å². The zero-order valence-electron chi connectivity index (χ0n) is 16.4. The molecule has 150 valence electrons. The fourth-order valence-electron chi connectivity index (χ4n) is 3.91. The lowest BCUT2D eigenvalue weighted by Gasteiger charge is -2.26. The molecule has 29 heavy (non-hydrogen) atoms. The molecular weight excluding hydrogens is 364 g/mol. The van der Waals surface area contributed by atoms with E-state index in [1.165, 1.54) is 15.7 Å². The normalized spacial score (nSPS) is 14.8. The first-order valence-electron chi connectivity index (χ1n) is 10.1. The Morgan fingerprint density at radius 2 is 1.79 bits per heavy atom. The van der Waals surface area contributed by atoms with Gasteiger partial charge in [-0.2, -0.15) is 0 Å². The molecule has 4 rings (SSSR count). The molecule has 6 nitrogen and oxygen atoms in total. The summed E-state index contributed by atoms with van der Waals surface area (Å²) in [6.45, 7) is 3.36. The van der Waals surface area contributed by atoms with E-state index < -0.39 is 0 Å². The zero-order valence-corrected chi connectivity index (χ0v) is 16.4. The summed E-state index contributed by atoms with van der Waals surface area (Å²) in [7, 11) is 0. The van der Waals surface area contributed by atoms with Crippen LogP contribution in [0.2, 0.25) is 0 Å².